The van der Waals surface area contributed by atoms with Crippen LogP contribution >= 0.6 is 11.8 Å². The smallest absolute Gasteiger partial charge is 0.201 e. The van der Waals surface area contributed by atoms with E-state index in [9.17, 15) is 0 Å². The maximum atomic E-state index is 8.83. The van der Waals surface area contributed by atoms with Gasteiger partial charge in [-0.2, -0.15) is 10.4 Å². The summed E-state index contributed by atoms with van der Waals surface area (Å²) in [6, 6.07) is 9.46. The van der Waals surface area contributed by atoms with Gasteiger partial charge in [-0.3, -0.25) is 15.8 Å². The van der Waals surface area contributed by atoms with Crippen LogP contribution in [0.5, 0.6) is 0 Å². The molecule has 2 heterocycles. The number of amidine groups is 2. The second-order valence-electron chi connectivity index (χ2n) is 4.62. The van der Waals surface area contributed by atoms with Crippen LogP contribution < -0.4 is 11.2 Å². The summed E-state index contributed by atoms with van der Waals surface area (Å²) in [6.07, 6.45) is 0. The normalized spacial score (nSPS) is 16.7. The number of thioether (sulfide) groups is 1. The molecule has 2 aliphatic heterocycles. The van der Waals surface area contributed by atoms with Crippen molar-refractivity contribution < 1.29 is 0 Å². The molecular weight excluding hydrogens is 298 g/mol. The van der Waals surface area contributed by atoms with Gasteiger partial charge in [-0.15, -0.1) is 0 Å². The van der Waals surface area contributed by atoms with Gasteiger partial charge in [-0.05, 0) is 12.1 Å². The van der Waals surface area contributed by atoms with E-state index in [4.69, 9.17) is 16.4 Å². The molecular formula is C14H13N7S. The molecule has 7 nitrogen and oxygen atoms in total. The molecule has 0 amide bonds. The predicted octanol–water partition coefficient (Wildman–Crippen LogP) is 1.63. The minimum absolute atomic E-state index is 0.144. The van der Waals surface area contributed by atoms with E-state index in [1.54, 1.807) is 17.8 Å². The number of anilines is 1. The lowest BCUT2D eigenvalue weighted by molar-refractivity contribution is 0.650. The highest BCUT2D eigenvalue weighted by atomic mass is 32.2. The lowest BCUT2D eigenvalue weighted by Crippen LogP contribution is -2.22. The van der Waals surface area contributed by atoms with Gasteiger partial charge >= 0.3 is 0 Å². The van der Waals surface area contributed by atoms with Crippen LogP contribution in [-0.2, 0) is 0 Å². The molecule has 0 saturated heterocycles. The minimum Gasteiger partial charge on any atom is -0.382 e. The molecule has 1 aromatic rings. The summed E-state index contributed by atoms with van der Waals surface area (Å²) >= 11 is 1.63. The summed E-state index contributed by atoms with van der Waals surface area (Å²) in [5.41, 5.74) is 10.8. The van der Waals surface area contributed by atoms with E-state index >= 15 is 0 Å². The van der Waals surface area contributed by atoms with Crippen LogP contribution in [0.15, 0.2) is 39.8 Å². The summed E-state index contributed by atoms with van der Waals surface area (Å²) in [6.45, 7) is 1.72. The molecule has 3 rings (SSSR count). The van der Waals surface area contributed by atoms with Crippen LogP contribution in [0.1, 0.15) is 5.56 Å². The number of nitrogens with two attached hydrogens (primary N) is 1. The Hall–Kier alpha value is -2.79. The van der Waals surface area contributed by atoms with Crippen molar-refractivity contribution in [3.8, 4) is 6.07 Å². The minimum atomic E-state index is -0.362. The fraction of sp³-hybridized carbons (Fsp3) is 0.143. The van der Waals surface area contributed by atoms with Gasteiger partial charge in [-0.1, -0.05) is 23.9 Å². The molecule has 0 aliphatic carbocycles. The molecule has 4 N–H and O–H groups in total. The number of nitrogens with zero attached hydrogens (tertiary/aromatic N) is 4. The zero-order chi connectivity index (χ0) is 15.5. The summed E-state index contributed by atoms with van der Waals surface area (Å²) < 4.78 is 0. The Bertz CT molecular complexity index is 757. The Kier molecular flexibility index (Phi) is 3.80. The molecule has 0 bridgehead atoms. The topological polar surface area (TPSA) is 114 Å². The van der Waals surface area contributed by atoms with Crippen molar-refractivity contribution in [2.45, 2.75) is 0 Å². The van der Waals surface area contributed by atoms with E-state index in [1.165, 1.54) is 0 Å². The van der Waals surface area contributed by atoms with Gasteiger partial charge in [0.2, 0.25) is 5.71 Å². The van der Waals surface area contributed by atoms with Crippen LogP contribution in [0, 0.1) is 16.7 Å². The molecule has 2 aliphatic rings. The number of rotatable bonds is 4. The van der Waals surface area contributed by atoms with Gasteiger partial charge in [0.25, 0.3) is 0 Å². The third kappa shape index (κ3) is 2.66. The Morgan fingerprint density at radius 3 is 3.18 bits per heavy atom. The molecule has 0 atom stereocenters. The number of hydrogen-bond acceptors (Lipinski definition) is 7. The first kappa shape index (κ1) is 14.2. The van der Waals surface area contributed by atoms with Gasteiger partial charge < -0.3 is 10.6 Å². The predicted molar refractivity (Wildman–Crippen MR) is 89.6 cm³/mol. The number of hydrogen-bond donors (Lipinski definition) is 3. The van der Waals surface area contributed by atoms with E-state index in [-0.39, 0.29) is 11.5 Å². The van der Waals surface area contributed by atoms with Crippen LogP contribution in [0.25, 0.3) is 5.70 Å². The van der Waals surface area contributed by atoms with Crippen molar-refractivity contribution in [2.24, 2.45) is 15.8 Å². The summed E-state index contributed by atoms with van der Waals surface area (Å²) in [5.74, 6) is -0.362. The first-order chi connectivity index (χ1) is 10.7. The molecule has 0 saturated carbocycles. The Morgan fingerprint density at radius 2 is 2.41 bits per heavy atom. The van der Waals surface area contributed by atoms with Crippen LogP contribution in [0.4, 0.5) is 5.69 Å². The molecule has 8 heteroatoms. The fourth-order valence-electron chi connectivity index (χ4n) is 2.16. The SMILES string of the molecule is N#C/C(=N\Nc1cccc(C2=CSC3=NCCN23)c1)C(=N)N. The second-order valence-corrected chi connectivity index (χ2v) is 5.45. The monoisotopic (exact) mass is 311 g/mol. The van der Waals surface area contributed by atoms with Gasteiger partial charge in [0.15, 0.2) is 11.0 Å². The van der Waals surface area contributed by atoms with Crippen molar-refractivity contribution in [3.63, 3.8) is 0 Å². The molecule has 0 fully saturated rings. The van der Waals surface area contributed by atoms with E-state index in [1.807, 2.05) is 24.3 Å². The summed E-state index contributed by atoms with van der Waals surface area (Å²) in [7, 11) is 0. The van der Waals surface area contributed by atoms with Crippen molar-refractivity contribution in [2.75, 3.05) is 18.5 Å². The van der Waals surface area contributed by atoms with E-state index < -0.39 is 0 Å². The molecule has 1 aromatic carbocycles. The number of nitrogens with one attached hydrogen (secondary N) is 2. The van der Waals surface area contributed by atoms with Crippen LogP contribution in [0.2, 0.25) is 0 Å². The van der Waals surface area contributed by atoms with Crippen molar-refractivity contribution in [1.82, 2.24) is 4.90 Å². The van der Waals surface area contributed by atoms with Gasteiger partial charge in [0, 0.05) is 17.5 Å². The highest BCUT2D eigenvalue weighted by Gasteiger charge is 2.26. The molecule has 0 spiro atoms. The van der Waals surface area contributed by atoms with Crippen LogP contribution in [-0.4, -0.2) is 34.7 Å². The number of fused-ring (bicyclic) bond motifs is 1. The fourth-order valence-corrected chi connectivity index (χ4v) is 3.12. The first-order valence-corrected chi connectivity index (χ1v) is 7.44. The number of hydrazone groups is 1. The van der Waals surface area contributed by atoms with Crippen molar-refractivity contribution >= 4 is 39.9 Å². The van der Waals surface area contributed by atoms with Gasteiger partial charge in [0.05, 0.1) is 17.9 Å². The lowest BCUT2D eigenvalue weighted by atomic mass is 10.1. The third-order valence-electron chi connectivity index (χ3n) is 3.18. The second kappa shape index (κ2) is 5.91. The molecule has 0 aromatic heterocycles. The largest absolute Gasteiger partial charge is 0.382 e. The highest BCUT2D eigenvalue weighted by molar-refractivity contribution is 8.16. The molecule has 0 unspecified atom stereocenters. The van der Waals surface area contributed by atoms with Gasteiger partial charge in [0.1, 0.15) is 6.07 Å². The summed E-state index contributed by atoms with van der Waals surface area (Å²) in [4.78, 5) is 6.61. The zero-order valence-corrected chi connectivity index (χ0v) is 12.4. The lowest BCUT2D eigenvalue weighted by Gasteiger charge is -2.17. The third-order valence-corrected chi connectivity index (χ3v) is 4.09. The number of aliphatic imine (C=N–C) groups is 1. The Labute approximate surface area is 131 Å². The summed E-state index contributed by atoms with van der Waals surface area (Å²) in [5, 5.41) is 23.0. The number of nitriles is 1. The quantitative estimate of drug-likeness (QED) is 0.444. The zero-order valence-electron chi connectivity index (χ0n) is 11.6. The number of benzene rings is 1. The van der Waals surface area contributed by atoms with E-state index in [2.05, 4.69) is 25.8 Å². The molecule has 22 heavy (non-hydrogen) atoms. The van der Waals surface area contributed by atoms with Crippen molar-refractivity contribution in [3.05, 3.63) is 35.2 Å². The maximum absolute atomic E-state index is 8.83. The Balaban J connectivity index is 1.81. The standard InChI is InChI=1S/C14H13N7S/c15-7-11(13(16)17)20-19-10-3-1-2-9(6-10)12-8-22-14-18-4-5-21(12)14/h1-3,6,8,19H,4-5H2,(H3,16,17)/b20-11+. The molecule has 110 valence electrons. The maximum Gasteiger partial charge on any atom is 0.201 e. The highest BCUT2D eigenvalue weighted by Crippen LogP contribution is 2.35. The van der Waals surface area contributed by atoms with Crippen molar-refractivity contribution in [1.29, 1.82) is 10.7 Å². The Morgan fingerprint density at radius 1 is 1.55 bits per heavy atom. The average Bonchev–Trinajstić information content (AvgIpc) is 3.10. The van der Waals surface area contributed by atoms with Gasteiger partial charge in [-0.25, -0.2) is 0 Å². The van der Waals surface area contributed by atoms with Crippen LogP contribution in [0.3, 0.4) is 0 Å². The van der Waals surface area contributed by atoms with E-state index in [0.717, 1.165) is 35.2 Å². The first-order valence-electron chi connectivity index (χ1n) is 6.56. The molecule has 0 radical (unpaired) electrons. The van der Waals surface area contributed by atoms with E-state index in [0.29, 0.717) is 0 Å². The average molecular weight is 311 g/mol.